The third-order valence-corrected chi connectivity index (χ3v) is 2.92. The van der Waals surface area contributed by atoms with Gasteiger partial charge in [0.25, 0.3) is 5.91 Å². The van der Waals surface area contributed by atoms with E-state index in [1.54, 1.807) is 0 Å². The lowest BCUT2D eigenvalue weighted by atomic mass is 9.91. The van der Waals surface area contributed by atoms with Gasteiger partial charge in [-0.25, -0.2) is 4.79 Å². The van der Waals surface area contributed by atoms with Crippen LogP contribution in [0.4, 0.5) is 0 Å². The molecule has 0 radical (unpaired) electrons. The topological polar surface area (TPSA) is 112 Å². The number of carboxylic acid groups (broad SMARTS) is 1. The highest BCUT2D eigenvalue weighted by Crippen LogP contribution is 2.25. The molecule has 1 heterocycles. The van der Waals surface area contributed by atoms with E-state index in [9.17, 15) is 9.59 Å². The quantitative estimate of drug-likeness (QED) is 0.712. The van der Waals surface area contributed by atoms with Crippen LogP contribution in [0.5, 0.6) is 0 Å². The number of carboxylic acids is 1. The molecule has 3 N–H and O–H groups in total. The summed E-state index contributed by atoms with van der Waals surface area (Å²) in [4.78, 5) is 22.9. The summed E-state index contributed by atoms with van der Waals surface area (Å²) >= 11 is 0.901. The molecule has 0 aromatic carbocycles. The lowest BCUT2D eigenvalue weighted by Crippen LogP contribution is -2.43. The van der Waals surface area contributed by atoms with Crippen molar-refractivity contribution in [3.8, 4) is 0 Å². The Morgan fingerprint density at radius 2 is 2.06 bits per heavy atom. The van der Waals surface area contributed by atoms with Crippen LogP contribution in [-0.4, -0.2) is 44.3 Å². The lowest BCUT2D eigenvalue weighted by Gasteiger charge is -2.17. The highest BCUT2D eigenvalue weighted by Gasteiger charge is 2.28. The smallest absolute Gasteiger partial charge is 0.328 e. The standard InChI is InChI=1S/C10H15N3O4S/c1-10(2,3)7-6(18-13-12-7)8(15)11-5(4-14)9(16)17/h5,14H,4H2,1-3H3,(H,11,15)(H,16,17)/t5-/m0/s1. The number of aliphatic hydroxyl groups excluding tert-OH is 1. The van der Waals surface area contributed by atoms with Crippen LogP contribution in [0.2, 0.25) is 0 Å². The van der Waals surface area contributed by atoms with E-state index in [2.05, 4.69) is 14.9 Å². The van der Waals surface area contributed by atoms with Crippen molar-refractivity contribution in [2.45, 2.75) is 32.2 Å². The third kappa shape index (κ3) is 3.23. The fraction of sp³-hybridized carbons (Fsp3) is 0.600. The number of amides is 1. The van der Waals surface area contributed by atoms with Crippen molar-refractivity contribution in [3.05, 3.63) is 10.6 Å². The molecule has 0 spiro atoms. The van der Waals surface area contributed by atoms with Crippen LogP contribution in [0.15, 0.2) is 0 Å². The van der Waals surface area contributed by atoms with Crippen LogP contribution in [0.25, 0.3) is 0 Å². The van der Waals surface area contributed by atoms with E-state index in [4.69, 9.17) is 10.2 Å². The van der Waals surface area contributed by atoms with Gasteiger partial charge in [-0.2, -0.15) is 0 Å². The molecular weight excluding hydrogens is 258 g/mol. The van der Waals surface area contributed by atoms with Crippen molar-refractivity contribution in [1.82, 2.24) is 14.9 Å². The van der Waals surface area contributed by atoms with Crippen LogP contribution in [0.1, 0.15) is 36.1 Å². The summed E-state index contributed by atoms with van der Waals surface area (Å²) in [5.41, 5.74) is 0.143. The fourth-order valence-electron chi connectivity index (χ4n) is 1.24. The molecule has 0 aliphatic heterocycles. The SMILES string of the molecule is CC(C)(C)c1nnsc1C(=O)N[C@@H](CO)C(=O)O. The van der Waals surface area contributed by atoms with Gasteiger partial charge in [-0.1, -0.05) is 25.3 Å². The second kappa shape index (κ2) is 5.40. The maximum absolute atomic E-state index is 11.9. The molecule has 8 heteroatoms. The molecule has 1 aromatic rings. The van der Waals surface area contributed by atoms with E-state index in [0.29, 0.717) is 5.69 Å². The van der Waals surface area contributed by atoms with Gasteiger partial charge in [0, 0.05) is 5.41 Å². The van der Waals surface area contributed by atoms with E-state index in [1.165, 1.54) is 0 Å². The molecule has 1 atom stereocenters. The molecule has 1 aromatic heterocycles. The first-order valence-electron chi connectivity index (χ1n) is 5.24. The first kappa shape index (κ1) is 14.5. The minimum absolute atomic E-state index is 0.266. The van der Waals surface area contributed by atoms with Gasteiger partial charge in [0.15, 0.2) is 6.04 Å². The maximum Gasteiger partial charge on any atom is 0.328 e. The van der Waals surface area contributed by atoms with E-state index in [-0.39, 0.29) is 10.3 Å². The number of aliphatic hydroxyl groups is 1. The Bertz CT molecular complexity index is 452. The predicted molar refractivity (Wildman–Crippen MR) is 64.6 cm³/mol. The number of carbonyl (C=O) groups excluding carboxylic acids is 1. The van der Waals surface area contributed by atoms with Gasteiger partial charge in [-0.05, 0) is 11.5 Å². The molecule has 0 fully saturated rings. The average molecular weight is 273 g/mol. The molecule has 100 valence electrons. The van der Waals surface area contributed by atoms with E-state index in [1.807, 2.05) is 20.8 Å². The van der Waals surface area contributed by atoms with Gasteiger partial charge < -0.3 is 15.5 Å². The summed E-state index contributed by atoms with van der Waals surface area (Å²) in [6.07, 6.45) is 0. The summed E-state index contributed by atoms with van der Waals surface area (Å²) in [7, 11) is 0. The van der Waals surface area contributed by atoms with Crippen LogP contribution in [0, 0.1) is 0 Å². The molecule has 0 saturated heterocycles. The molecule has 7 nitrogen and oxygen atoms in total. The Balaban J connectivity index is 2.92. The summed E-state index contributed by atoms with van der Waals surface area (Å²) in [6, 6.07) is -1.33. The molecule has 0 aliphatic rings. The average Bonchev–Trinajstić information content (AvgIpc) is 2.73. The zero-order valence-corrected chi connectivity index (χ0v) is 11.1. The zero-order valence-electron chi connectivity index (χ0n) is 10.3. The number of nitrogens with one attached hydrogen (secondary N) is 1. The first-order chi connectivity index (χ1) is 8.27. The number of nitrogens with zero attached hydrogens (tertiary/aromatic N) is 2. The van der Waals surface area contributed by atoms with Crippen molar-refractivity contribution >= 4 is 23.4 Å². The highest BCUT2D eigenvalue weighted by atomic mass is 32.1. The first-order valence-corrected chi connectivity index (χ1v) is 6.02. The molecular formula is C10H15N3O4S. The normalized spacial score (nSPS) is 13.1. The molecule has 1 rings (SSSR count). The van der Waals surface area contributed by atoms with Gasteiger partial charge in [0.1, 0.15) is 4.88 Å². The van der Waals surface area contributed by atoms with Crippen molar-refractivity contribution < 1.29 is 19.8 Å². The summed E-state index contributed by atoms with van der Waals surface area (Å²) in [5, 5.41) is 23.7. The van der Waals surface area contributed by atoms with Gasteiger partial charge in [-0.3, -0.25) is 4.79 Å². The second-order valence-electron chi connectivity index (χ2n) is 4.75. The molecule has 0 unspecified atom stereocenters. The second-order valence-corrected chi connectivity index (χ2v) is 5.50. The molecule has 1 amide bonds. The number of hydrogen-bond acceptors (Lipinski definition) is 6. The highest BCUT2D eigenvalue weighted by molar-refractivity contribution is 7.08. The predicted octanol–water partition coefficient (Wildman–Crippen LogP) is 0.0109. The Morgan fingerprint density at radius 3 is 2.50 bits per heavy atom. The Labute approximate surface area is 108 Å². The van der Waals surface area contributed by atoms with Crippen molar-refractivity contribution in [2.75, 3.05) is 6.61 Å². The van der Waals surface area contributed by atoms with Gasteiger partial charge in [0.05, 0.1) is 12.3 Å². The van der Waals surface area contributed by atoms with Gasteiger partial charge in [-0.15, -0.1) is 5.10 Å². The number of aliphatic carboxylic acids is 1. The van der Waals surface area contributed by atoms with E-state index >= 15 is 0 Å². The van der Waals surface area contributed by atoms with E-state index in [0.717, 1.165) is 11.5 Å². The zero-order chi connectivity index (χ0) is 13.9. The monoisotopic (exact) mass is 273 g/mol. The maximum atomic E-state index is 11.9. The third-order valence-electron chi connectivity index (χ3n) is 2.19. The van der Waals surface area contributed by atoms with Gasteiger partial charge in [0.2, 0.25) is 0 Å². The largest absolute Gasteiger partial charge is 0.480 e. The number of hydrogen-bond donors (Lipinski definition) is 3. The van der Waals surface area contributed by atoms with E-state index < -0.39 is 24.5 Å². The summed E-state index contributed by atoms with van der Waals surface area (Å²) < 4.78 is 3.71. The minimum atomic E-state index is -1.33. The summed E-state index contributed by atoms with van der Waals surface area (Å²) in [5.74, 6) is -1.88. The molecule has 18 heavy (non-hydrogen) atoms. The number of rotatable bonds is 4. The molecule has 0 saturated carbocycles. The Kier molecular flexibility index (Phi) is 4.36. The minimum Gasteiger partial charge on any atom is -0.480 e. The van der Waals surface area contributed by atoms with Gasteiger partial charge >= 0.3 is 5.97 Å². The molecule has 0 bridgehead atoms. The Morgan fingerprint density at radius 1 is 1.44 bits per heavy atom. The van der Waals surface area contributed by atoms with Crippen LogP contribution < -0.4 is 5.32 Å². The number of aromatic nitrogens is 2. The number of carbonyl (C=O) groups is 2. The van der Waals surface area contributed by atoms with Crippen molar-refractivity contribution in [3.63, 3.8) is 0 Å². The lowest BCUT2D eigenvalue weighted by molar-refractivity contribution is -0.140. The van der Waals surface area contributed by atoms with Crippen molar-refractivity contribution in [1.29, 1.82) is 0 Å². The molecule has 0 aliphatic carbocycles. The van der Waals surface area contributed by atoms with Crippen LogP contribution in [-0.2, 0) is 10.2 Å². The van der Waals surface area contributed by atoms with Crippen molar-refractivity contribution in [2.24, 2.45) is 0 Å². The van der Waals surface area contributed by atoms with Crippen LogP contribution >= 0.6 is 11.5 Å². The van der Waals surface area contributed by atoms with Crippen LogP contribution in [0.3, 0.4) is 0 Å². The summed E-state index contributed by atoms with van der Waals surface area (Å²) in [6.45, 7) is 4.96. The Hall–Kier alpha value is -1.54. The fourth-order valence-corrected chi connectivity index (χ4v) is 2.02.